The van der Waals surface area contributed by atoms with Crippen LogP contribution in [-0.4, -0.2) is 11.1 Å². The molecule has 0 amide bonds. The van der Waals surface area contributed by atoms with E-state index in [4.69, 9.17) is 5.11 Å². The van der Waals surface area contributed by atoms with Crippen molar-refractivity contribution in [2.24, 2.45) is 0 Å². The van der Waals surface area contributed by atoms with Gasteiger partial charge in [-0.1, -0.05) is 18.2 Å². The summed E-state index contributed by atoms with van der Waals surface area (Å²) >= 11 is 4.28. The highest BCUT2D eigenvalue weighted by molar-refractivity contribution is 7.80. The minimum Gasteiger partial charge on any atom is -0.481 e. The van der Waals surface area contributed by atoms with Gasteiger partial charge in [0.05, 0.1) is 0 Å². The summed E-state index contributed by atoms with van der Waals surface area (Å²) in [5.41, 5.74) is 1.12. The topological polar surface area (TPSA) is 37.3 Å². The molecule has 0 aromatic heterocycles. The molecule has 1 rings (SSSR count). The van der Waals surface area contributed by atoms with Gasteiger partial charge in [-0.15, -0.1) is 12.6 Å². The number of aryl methyl sites for hydroxylation is 1. The average Bonchev–Trinajstić information content (AvgIpc) is 2.08. The molecule has 0 aliphatic rings. The van der Waals surface area contributed by atoms with Crippen molar-refractivity contribution >= 4 is 18.6 Å². The molecule has 13 heavy (non-hydrogen) atoms. The lowest BCUT2D eigenvalue weighted by molar-refractivity contribution is -0.137. The number of thiol groups is 1. The van der Waals surface area contributed by atoms with Crippen LogP contribution in [0.1, 0.15) is 18.4 Å². The fourth-order valence-corrected chi connectivity index (χ4v) is 1.42. The van der Waals surface area contributed by atoms with E-state index in [2.05, 4.69) is 12.6 Å². The van der Waals surface area contributed by atoms with Gasteiger partial charge in [0.2, 0.25) is 0 Å². The van der Waals surface area contributed by atoms with Crippen molar-refractivity contribution in [3.05, 3.63) is 29.8 Å². The van der Waals surface area contributed by atoms with Gasteiger partial charge in [-0.05, 0) is 24.5 Å². The standard InChI is InChI=1S/C10H12O2S/c11-10(12)7-3-5-8-4-1-2-6-9(8)13/h1-2,4,6,13H,3,5,7H2,(H,11,12). The smallest absolute Gasteiger partial charge is 0.303 e. The molecule has 70 valence electrons. The molecule has 0 aliphatic heterocycles. The minimum atomic E-state index is -0.739. The zero-order valence-corrected chi connectivity index (χ0v) is 8.13. The highest BCUT2D eigenvalue weighted by atomic mass is 32.1. The van der Waals surface area contributed by atoms with Gasteiger partial charge in [-0.3, -0.25) is 4.79 Å². The van der Waals surface area contributed by atoms with E-state index < -0.39 is 5.97 Å². The first-order valence-corrected chi connectivity index (χ1v) is 4.63. The van der Waals surface area contributed by atoms with E-state index in [0.29, 0.717) is 6.42 Å². The van der Waals surface area contributed by atoms with Crippen molar-refractivity contribution in [3.8, 4) is 0 Å². The summed E-state index contributed by atoms with van der Waals surface area (Å²) in [6, 6.07) is 7.75. The van der Waals surface area contributed by atoms with Gasteiger partial charge in [0.1, 0.15) is 0 Å². The molecule has 0 saturated carbocycles. The molecule has 0 radical (unpaired) electrons. The number of benzene rings is 1. The first kappa shape index (κ1) is 10.1. The van der Waals surface area contributed by atoms with Crippen molar-refractivity contribution in [1.82, 2.24) is 0 Å². The van der Waals surface area contributed by atoms with Crippen LogP contribution in [-0.2, 0) is 11.2 Å². The summed E-state index contributed by atoms with van der Waals surface area (Å²) in [5.74, 6) is -0.739. The number of hydrogen-bond acceptors (Lipinski definition) is 2. The first-order chi connectivity index (χ1) is 6.20. The second kappa shape index (κ2) is 4.92. The van der Waals surface area contributed by atoms with Crippen LogP contribution in [0.25, 0.3) is 0 Å². The third-order valence-electron chi connectivity index (χ3n) is 1.83. The number of hydrogen-bond donors (Lipinski definition) is 2. The Balaban J connectivity index is 2.45. The molecule has 0 fully saturated rings. The second-order valence-electron chi connectivity index (χ2n) is 2.88. The summed E-state index contributed by atoms with van der Waals surface area (Å²) in [4.78, 5) is 11.2. The lowest BCUT2D eigenvalue weighted by Gasteiger charge is -2.02. The molecule has 0 saturated heterocycles. The number of rotatable bonds is 4. The van der Waals surface area contributed by atoms with Gasteiger partial charge >= 0.3 is 5.97 Å². The predicted octanol–water partition coefficient (Wildman–Crippen LogP) is 2.38. The number of carboxylic acid groups (broad SMARTS) is 1. The van der Waals surface area contributed by atoms with E-state index in [9.17, 15) is 4.79 Å². The summed E-state index contributed by atoms with van der Waals surface area (Å²) in [5, 5.41) is 8.44. The lowest BCUT2D eigenvalue weighted by atomic mass is 10.1. The minimum absolute atomic E-state index is 0.224. The van der Waals surface area contributed by atoms with Crippen molar-refractivity contribution < 1.29 is 9.90 Å². The molecule has 1 N–H and O–H groups in total. The van der Waals surface area contributed by atoms with Crippen molar-refractivity contribution in [2.45, 2.75) is 24.2 Å². The third kappa shape index (κ3) is 3.51. The largest absolute Gasteiger partial charge is 0.481 e. The van der Waals surface area contributed by atoms with E-state index in [1.54, 1.807) is 0 Å². The van der Waals surface area contributed by atoms with E-state index in [-0.39, 0.29) is 6.42 Å². The quantitative estimate of drug-likeness (QED) is 0.725. The van der Waals surface area contributed by atoms with Crippen LogP contribution < -0.4 is 0 Å². The van der Waals surface area contributed by atoms with Gasteiger partial charge in [-0.25, -0.2) is 0 Å². The Bertz CT molecular complexity index is 297. The van der Waals surface area contributed by atoms with E-state index >= 15 is 0 Å². The maximum Gasteiger partial charge on any atom is 0.303 e. The maximum atomic E-state index is 10.3. The summed E-state index contributed by atoms with van der Waals surface area (Å²) in [6.45, 7) is 0. The first-order valence-electron chi connectivity index (χ1n) is 4.19. The van der Waals surface area contributed by atoms with Crippen LogP contribution in [0.15, 0.2) is 29.2 Å². The summed E-state index contributed by atoms with van der Waals surface area (Å²) in [7, 11) is 0. The molecule has 0 aliphatic carbocycles. The van der Waals surface area contributed by atoms with Crippen LogP contribution in [0.3, 0.4) is 0 Å². The van der Waals surface area contributed by atoms with Crippen molar-refractivity contribution in [1.29, 1.82) is 0 Å². The molecule has 1 aromatic rings. The number of carbonyl (C=O) groups is 1. The molecule has 1 aromatic carbocycles. The Morgan fingerprint density at radius 3 is 2.69 bits per heavy atom. The zero-order chi connectivity index (χ0) is 9.68. The molecule has 0 spiro atoms. The molecule has 2 nitrogen and oxygen atoms in total. The molecule has 0 heterocycles. The predicted molar refractivity (Wildman–Crippen MR) is 54.3 cm³/mol. The molecular formula is C10H12O2S. The zero-order valence-electron chi connectivity index (χ0n) is 7.23. The highest BCUT2D eigenvalue weighted by Gasteiger charge is 2.00. The summed E-state index contributed by atoms with van der Waals surface area (Å²) in [6.07, 6.45) is 1.68. The second-order valence-corrected chi connectivity index (χ2v) is 3.36. The van der Waals surface area contributed by atoms with E-state index in [1.807, 2.05) is 24.3 Å². The van der Waals surface area contributed by atoms with E-state index in [0.717, 1.165) is 16.9 Å². The fraction of sp³-hybridized carbons (Fsp3) is 0.300. The Kier molecular flexibility index (Phi) is 3.83. The molecule has 0 atom stereocenters. The van der Waals surface area contributed by atoms with Crippen molar-refractivity contribution in [2.75, 3.05) is 0 Å². The molecule has 0 bridgehead atoms. The Morgan fingerprint density at radius 1 is 1.38 bits per heavy atom. The molecular weight excluding hydrogens is 184 g/mol. The Hall–Kier alpha value is -0.960. The monoisotopic (exact) mass is 196 g/mol. The van der Waals surface area contributed by atoms with Gasteiger partial charge in [-0.2, -0.15) is 0 Å². The average molecular weight is 196 g/mol. The van der Waals surface area contributed by atoms with Crippen LogP contribution >= 0.6 is 12.6 Å². The van der Waals surface area contributed by atoms with Gasteiger partial charge in [0.25, 0.3) is 0 Å². The van der Waals surface area contributed by atoms with Gasteiger partial charge in [0.15, 0.2) is 0 Å². The SMILES string of the molecule is O=C(O)CCCc1ccccc1S. The van der Waals surface area contributed by atoms with Gasteiger partial charge < -0.3 is 5.11 Å². The lowest BCUT2D eigenvalue weighted by Crippen LogP contribution is -1.96. The van der Waals surface area contributed by atoms with Crippen LogP contribution in [0.4, 0.5) is 0 Å². The van der Waals surface area contributed by atoms with Crippen LogP contribution in [0, 0.1) is 0 Å². The van der Waals surface area contributed by atoms with Crippen LogP contribution in [0.5, 0.6) is 0 Å². The Labute approximate surface area is 83.0 Å². The molecule has 0 unspecified atom stereocenters. The normalized spacial score (nSPS) is 9.92. The number of aliphatic carboxylic acids is 1. The molecule has 3 heteroatoms. The number of carboxylic acids is 1. The van der Waals surface area contributed by atoms with Crippen molar-refractivity contribution in [3.63, 3.8) is 0 Å². The highest BCUT2D eigenvalue weighted by Crippen LogP contribution is 2.15. The van der Waals surface area contributed by atoms with Gasteiger partial charge in [0, 0.05) is 11.3 Å². The fourth-order valence-electron chi connectivity index (χ4n) is 1.15. The third-order valence-corrected chi connectivity index (χ3v) is 2.26. The van der Waals surface area contributed by atoms with Crippen LogP contribution in [0.2, 0.25) is 0 Å². The summed E-state index contributed by atoms with van der Waals surface area (Å²) < 4.78 is 0. The van der Waals surface area contributed by atoms with E-state index in [1.165, 1.54) is 0 Å². The Morgan fingerprint density at radius 2 is 2.08 bits per heavy atom. The maximum absolute atomic E-state index is 10.3.